The monoisotopic (exact) mass is 326 g/mol. The van der Waals surface area contributed by atoms with Crippen LogP contribution in [0.2, 0.25) is 0 Å². The molecule has 2 aromatic rings. The van der Waals surface area contributed by atoms with Gasteiger partial charge in [0.1, 0.15) is 0 Å². The number of hydrogen-bond acceptors (Lipinski definition) is 3. The van der Waals surface area contributed by atoms with Crippen molar-refractivity contribution in [2.45, 2.75) is 20.3 Å². The molecule has 1 aromatic heterocycles. The number of rotatable bonds is 7. The average molecular weight is 326 g/mol. The molecule has 2 N–H and O–H groups in total. The van der Waals surface area contributed by atoms with Crippen LogP contribution in [0.5, 0.6) is 0 Å². The normalized spacial score (nSPS) is 11.4. The summed E-state index contributed by atoms with van der Waals surface area (Å²) in [5.41, 5.74) is 2.91. The lowest BCUT2D eigenvalue weighted by Gasteiger charge is -2.04. The molecular formula is C19H22N2O3. The summed E-state index contributed by atoms with van der Waals surface area (Å²) >= 11 is 0. The number of hydrogen-bond donors (Lipinski definition) is 2. The van der Waals surface area contributed by atoms with Gasteiger partial charge in [-0.1, -0.05) is 24.3 Å². The van der Waals surface area contributed by atoms with Crippen LogP contribution in [0.4, 0.5) is 0 Å². The Balaban J connectivity index is 2.20. The summed E-state index contributed by atoms with van der Waals surface area (Å²) in [5, 5.41) is 3.93. The predicted octanol–water partition coefficient (Wildman–Crippen LogP) is 2.98. The molecule has 126 valence electrons. The number of fused-ring (bicyclic) bond motifs is 1. The summed E-state index contributed by atoms with van der Waals surface area (Å²) in [6.45, 7) is 4.44. The van der Waals surface area contributed by atoms with E-state index in [0.29, 0.717) is 19.6 Å². The van der Waals surface area contributed by atoms with Crippen molar-refractivity contribution in [1.82, 2.24) is 10.3 Å². The Morgan fingerprint density at radius 2 is 2.04 bits per heavy atom. The van der Waals surface area contributed by atoms with Gasteiger partial charge in [-0.2, -0.15) is 0 Å². The van der Waals surface area contributed by atoms with Crippen molar-refractivity contribution in [1.29, 1.82) is 0 Å². The van der Waals surface area contributed by atoms with E-state index in [4.69, 9.17) is 4.74 Å². The average Bonchev–Trinajstić information content (AvgIpc) is 2.91. The number of esters is 1. The quantitative estimate of drug-likeness (QED) is 0.607. The molecule has 0 aliphatic heterocycles. The Hall–Kier alpha value is -2.82. The van der Waals surface area contributed by atoms with Gasteiger partial charge >= 0.3 is 5.97 Å². The maximum Gasteiger partial charge on any atom is 0.330 e. The number of ether oxygens (including phenoxy) is 1. The van der Waals surface area contributed by atoms with Gasteiger partial charge in [0.25, 0.3) is 0 Å². The highest BCUT2D eigenvalue weighted by Crippen LogP contribution is 2.23. The van der Waals surface area contributed by atoms with Gasteiger partial charge in [0, 0.05) is 29.2 Å². The van der Waals surface area contributed by atoms with Gasteiger partial charge in [-0.15, -0.1) is 0 Å². The van der Waals surface area contributed by atoms with Gasteiger partial charge in [-0.05, 0) is 44.1 Å². The molecule has 0 atom stereocenters. The second kappa shape index (κ2) is 8.72. The molecule has 0 aliphatic rings. The number of amides is 1. The molecule has 1 aromatic carbocycles. The maximum absolute atomic E-state index is 11.5. The zero-order chi connectivity index (χ0) is 17.4. The molecule has 0 bridgehead atoms. The fraction of sp³-hybridized carbons (Fsp3) is 0.263. The van der Waals surface area contributed by atoms with Crippen molar-refractivity contribution in [2.75, 3.05) is 13.2 Å². The second-order valence-corrected chi connectivity index (χ2v) is 5.19. The van der Waals surface area contributed by atoms with E-state index in [9.17, 15) is 9.59 Å². The Morgan fingerprint density at radius 3 is 2.79 bits per heavy atom. The van der Waals surface area contributed by atoms with E-state index in [-0.39, 0.29) is 11.9 Å². The van der Waals surface area contributed by atoms with Crippen molar-refractivity contribution in [3.8, 4) is 0 Å². The Kier molecular flexibility index (Phi) is 6.37. The lowest BCUT2D eigenvalue weighted by molar-refractivity contribution is -0.137. The largest absolute Gasteiger partial charge is 0.463 e. The molecule has 2 rings (SSSR count). The van der Waals surface area contributed by atoms with Crippen LogP contribution in [0.15, 0.2) is 42.5 Å². The van der Waals surface area contributed by atoms with Crippen molar-refractivity contribution < 1.29 is 14.3 Å². The number of aromatic amines is 1. The van der Waals surface area contributed by atoms with Crippen molar-refractivity contribution >= 4 is 28.9 Å². The summed E-state index contributed by atoms with van der Waals surface area (Å²) < 4.78 is 4.91. The highest BCUT2D eigenvalue weighted by Gasteiger charge is 2.10. The van der Waals surface area contributed by atoms with Crippen LogP contribution in [-0.2, 0) is 20.7 Å². The van der Waals surface area contributed by atoms with Crippen LogP contribution in [0.3, 0.4) is 0 Å². The first kappa shape index (κ1) is 17.5. The molecule has 24 heavy (non-hydrogen) atoms. The minimum atomic E-state index is -0.372. The number of carbonyl (C=O) groups excluding carboxylic acids is 2. The van der Waals surface area contributed by atoms with Gasteiger partial charge in [0.2, 0.25) is 5.91 Å². The summed E-state index contributed by atoms with van der Waals surface area (Å²) in [6, 6.07) is 7.93. The smallest absolute Gasteiger partial charge is 0.330 e. The molecule has 0 radical (unpaired) electrons. The first-order chi connectivity index (χ1) is 11.7. The first-order valence-corrected chi connectivity index (χ1v) is 8.00. The van der Waals surface area contributed by atoms with Gasteiger partial charge < -0.3 is 15.0 Å². The van der Waals surface area contributed by atoms with E-state index in [2.05, 4.69) is 10.3 Å². The number of para-hydroxylation sites is 1. The number of benzene rings is 1. The summed E-state index contributed by atoms with van der Waals surface area (Å²) in [5.74, 6) is -0.482. The predicted molar refractivity (Wildman–Crippen MR) is 95.5 cm³/mol. The first-order valence-electron chi connectivity index (χ1n) is 8.00. The molecule has 0 aliphatic carbocycles. The van der Waals surface area contributed by atoms with E-state index in [1.54, 1.807) is 26.0 Å². The lowest BCUT2D eigenvalue weighted by atomic mass is 10.1. The number of nitrogens with one attached hydrogen (secondary N) is 2. The molecule has 5 heteroatoms. The van der Waals surface area contributed by atoms with Crippen LogP contribution < -0.4 is 5.32 Å². The van der Waals surface area contributed by atoms with Gasteiger partial charge in [-0.3, -0.25) is 4.79 Å². The molecular weight excluding hydrogens is 304 g/mol. The summed E-state index contributed by atoms with van der Waals surface area (Å²) in [6.07, 6.45) is 7.00. The third-order valence-electron chi connectivity index (χ3n) is 3.51. The third-order valence-corrected chi connectivity index (χ3v) is 3.51. The van der Waals surface area contributed by atoms with Gasteiger partial charge in [-0.25, -0.2) is 4.79 Å². The Bertz CT molecular complexity index is 772. The number of H-pyrrole nitrogens is 1. The van der Waals surface area contributed by atoms with E-state index in [1.807, 2.05) is 24.3 Å². The SMILES string of the molecule is C/C=C/C(=O)NCCc1c(/C=C/C(=O)OCC)[nH]c2ccccc12. The van der Waals surface area contributed by atoms with E-state index in [1.165, 1.54) is 12.2 Å². The van der Waals surface area contributed by atoms with Crippen molar-refractivity contribution in [2.24, 2.45) is 0 Å². The van der Waals surface area contributed by atoms with E-state index >= 15 is 0 Å². The number of carbonyl (C=O) groups is 2. The summed E-state index contributed by atoms with van der Waals surface area (Å²) in [7, 11) is 0. The van der Waals surface area contributed by atoms with Crippen LogP contribution in [0.25, 0.3) is 17.0 Å². The van der Waals surface area contributed by atoms with Gasteiger partial charge in [0.15, 0.2) is 0 Å². The molecule has 0 fully saturated rings. The van der Waals surface area contributed by atoms with Crippen molar-refractivity contribution in [3.63, 3.8) is 0 Å². The van der Waals surface area contributed by atoms with Crippen molar-refractivity contribution in [3.05, 3.63) is 53.8 Å². The Morgan fingerprint density at radius 1 is 1.25 bits per heavy atom. The molecule has 1 heterocycles. The highest BCUT2D eigenvalue weighted by atomic mass is 16.5. The van der Waals surface area contributed by atoms with Gasteiger partial charge in [0.05, 0.1) is 6.61 Å². The molecule has 0 spiro atoms. The maximum atomic E-state index is 11.5. The second-order valence-electron chi connectivity index (χ2n) is 5.19. The lowest BCUT2D eigenvalue weighted by Crippen LogP contribution is -2.23. The van der Waals surface area contributed by atoms with Crippen LogP contribution in [0.1, 0.15) is 25.1 Å². The molecule has 5 nitrogen and oxygen atoms in total. The highest BCUT2D eigenvalue weighted by molar-refractivity contribution is 5.91. The Labute approximate surface area is 141 Å². The number of allylic oxidation sites excluding steroid dienone is 1. The third kappa shape index (κ3) is 4.59. The summed E-state index contributed by atoms with van der Waals surface area (Å²) in [4.78, 5) is 26.4. The minimum Gasteiger partial charge on any atom is -0.463 e. The van der Waals surface area contributed by atoms with E-state index in [0.717, 1.165) is 22.2 Å². The van der Waals surface area contributed by atoms with E-state index < -0.39 is 0 Å². The molecule has 1 amide bonds. The fourth-order valence-corrected chi connectivity index (χ4v) is 2.50. The minimum absolute atomic E-state index is 0.110. The fourth-order valence-electron chi connectivity index (χ4n) is 2.50. The molecule has 0 unspecified atom stereocenters. The van der Waals surface area contributed by atoms with Crippen LogP contribution in [0, 0.1) is 0 Å². The zero-order valence-electron chi connectivity index (χ0n) is 14.0. The van der Waals surface area contributed by atoms with Crippen LogP contribution in [-0.4, -0.2) is 30.0 Å². The van der Waals surface area contributed by atoms with Crippen LogP contribution >= 0.6 is 0 Å². The number of aromatic nitrogens is 1. The zero-order valence-corrected chi connectivity index (χ0v) is 14.0. The standard InChI is InChI=1S/C19H22N2O3/c1-3-7-18(22)20-13-12-15-14-8-5-6-9-16(14)21-17(15)10-11-19(23)24-4-2/h3,5-11,21H,4,12-13H2,1-2H3,(H,20,22)/b7-3+,11-10+. The molecule has 0 saturated heterocycles. The topological polar surface area (TPSA) is 71.2 Å². The molecule has 0 saturated carbocycles.